The van der Waals surface area contributed by atoms with Crippen LogP contribution in [0.4, 0.5) is 32.0 Å². The number of carbonyl (C=O) groups is 2. The van der Waals surface area contributed by atoms with E-state index in [2.05, 4.69) is 5.32 Å². The van der Waals surface area contributed by atoms with Crippen LogP contribution in [0.15, 0.2) is 42.1 Å². The molecule has 1 fully saturated rings. The minimum atomic E-state index is -4.99. The number of halogens is 6. The van der Waals surface area contributed by atoms with Gasteiger partial charge in [0.1, 0.15) is 0 Å². The van der Waals surface area contributed by atoms with E-state index >= 15 is 0 Å². The van der Waals surface area contributed by atoms with Crippen molar-refractivity contribution in [2.75, 3.05) is 5.32 Å². The Morgan fingerprint density at radius 2 is 1.50 bits per heavy atom. The summed E-state index contributed by atoms with van der Waals surface area (Å²) in [6.07, 6.45) is -4.08. The predicted molar refractivity (Wildman–Crippen MR) is 95.8 cm³/mol. The number of anilines is 1. The molecule has 0 saturated carbocycles. The molecule has 12 heteroatoms. The molecule has 0 atom stereocenters. The second-order valence-electron chi connectivity index (χ2n) is 6.90. The number of nitrogens with one attached hydrogen (secondary N) is 1. The average molecular weight is 461 g/mol. The minimum Gasteiger partial charge on any atom is -0.448 e. The highest BCUT2D eigenvalue weighted by Gasteiger charge is 2.39. The number of benzene rings is 2. The van der Waals surface area contributed by atoms with E-state index in [0.717, 1.165) is 24.4 Å². The maximum atomic E-state index is 14.3. The molecule has 1 heterocycles. The first-order chi connectivity index (χ1) is 14.8. The van der Waals surface area contributed by atoms with Crippen LogP contribution in [-0.2, 0) is 25.2 Å². The summed E-state index contributed by atoms with van der Waals surface area (Å²) in [4.78, 5) is 23.7. The Labute approximate surface area is 176 Å². The van der Waals surface area contributed by atoms with E-state index in [4.69, 9.17) is 14.2 Å². The van der Waals surface area contributed by atoms with E-state index in [1.807, 2.05) is 0 Å². The Hall–Kier alpha value is -3.70. The van der Waals surface area contributed by atoms with E-state index in [1.54, 1.807) is 0 Å². The zero-order valence-corrected chi connectivity index (χ0v) is 16.3. The van der Waals surface area contributed by atoms with Gasteiger partial charge in [0.15, 0.2) is 34.5 Å². The van der Waals surface area contributed by atoms with Crippen molar-refractivity contribution in [3.05, 3.63) is 65.1 Å². The Kier molecular flexibility index (Phi) is 5.81. The van der Waals surface area contributed by atoms with Crippen molar-refractivity contribution in [3.63, 3.8) is 0 Å². The van der Waals surface area contributed by atoms with Crippen LogP contribution in [0.3, 0.4) is 0 Å². The first kappa shape index (κ1) is 23.0. The van der Waals surface area contributed by atoms with Crippen LogP contribution < -0.4 is 10.1 Å². The molecular formula is C20H13F6NO5. The molecule has 1 aliphatic heterocycles. The first-order valence-corrected chi connectivity index (χ1v) is 8.74. The lowest BCUT2D eigenvalue weighted by Gasteiger charge is -2.29. The summed E-state index contributed by atoms with van der Waals surface area (Å²) >= 11 is 0. The summed E-state index contributed by atoms with van der Waals surface area (Å²) in [6, 6.07) is 2.89. The summed E-state index contributed by atoms with van der Waals surface area (Å²) in [5.74, 6) is -9.84. The lowest BCUT2D eigenvalue weighted by Crippen LogP contribution is -2.42. The zero-order chi connectivity index (χ0) is 23.8. The van der Waals surface area contributed by atoms with Gasteiger partial charge in [-0.05, 0) is 24.3 Å². The topological polar surface area (TPSA) is 73.9 Å². The molecule has 0 unspecified atom stereocenters. The van der Waals surface area contributed by atoms with Crippen molar-refractivity contribution in [1.82, 2.24) is 0 Å². The average Bonchev–Trinajstić information content (AvgIpc) is 2.63. The molecule has 1 N–H and O–H groups in total. The fraction of sp³-hybridized carbons (Fsp3) is 0.200. The molecule has 32 heavy (non-hydrogen) atoms. The SMILES string of the molecule is CC1(C)OC(=O)C(=CNc2ccc(Oc3c(F)cc(C(F)(F)F)cc3F)c(F)c2)C(=O)O1. The van der Waals surface area contributed by atoms with Crippen molar-refractivity contribution < 1.29 is 50.1 Å². The van der Waals surface area contributed by atoms with Gasteiger partial charge in [-0.15, -0.1) is 0 Å². The number of esters is 2. The van der Waals surface area contributed by atoms with Gasteiger partial charge in [-0.1, -0.05) is 0 Å². The Balaban J connectivity index is 1.78. The van der Waals surface area contributed by atoms with E-state index in [-0.39, 0.29) is 17.8 Å². The maximum absolute atomic E-state index is 14.3. The maximum Gasteiger partial charge on any atom is 0.416 e. The zero-order valence-electron chi connectivity index (χ0n) is 16.3. The number of rotatable bonds is 4. The van der Waals surface area contributed by atoms with Crippen LogP contribution in [0.1, 0.15) is 19.4 Å². The lowest BCUT2D eigenvalue weighted by atomic mass is 10.2. The monoisotopic (exact) mass is 461 g/mol. The quantitative estimate of drug-likeness (QED) is 0.298. The van der Waals surface area contributed by atoms with Crippen molar-refractivity contribution >= 4 is 17.6 Å². The van der Waals surface area contributed by atoms with E-state index in [1.165, 1.54) is 13.8 Å². The molecule has 0 spiro atoms. The van der Waals surface area contributed by atoms with Crippen LogP contribution in [0.2, 0.25) is 0 Å². The smallest absolute Gasteiger partial charge is 0.416 e. The number of ether oxygens (including phenoxy) is 3. The van der Waals surface area contributed by atoms with Gasteiger partial charge in [-0.2, -0.15) is 13.2 Å². The molecule has 2 aromatic carbocycles. The highest BCUT2D eigenvalue weighted by Crippen LogP contribution is 2.36. The third-order valence-electron chi connectivity index (χ3n) is 3.97. The number of cyclic esters (lactones) is 2. The molecule has 6 nitrogen and oxygen atoms in total. The van der Waals surface area contributed by atoms with Gasteiger partial charge >= 0.3 is 18.1 Å². The summed E-state index contributed by atoms with van der Waals surface area (Å²) in [5, 5.41) is 2.45. The van der Waals surface area contributed by atoms with Crippen LogP contribution >= 0.6 is 0 Å². The van der Waals surface area contributed by atoms with Crippen molar-refractivity contribution in [2.24, 2.45) is 0 Å². The molecule has 0 radical (unpaired) electrons. The fourth-order valence-corrected chi connectivity index (χ4v) is 2.54. The largest absolute Gasteiger partial charge is 0.448 e. The van der Waals surface area contributed by atoms with E-state index < -0.39 is 64.0 Å². The van der Waals surface area contributed by atoms with Crippen molar-refractivity contribution in [1.29, 1.82) is 0 Å². The predicted octanol–water partition coefficient (Wildman–Crippen LogP) is 5.05. The number of carbonyl (C=O) groups excluding carboxylic acids is 2. The Morgan fingerprint density at radius 3 is 2.00 bits per heavy atom. The second kappa shape index (κ2) is 8.09. The van der Waals surface area contributed by atoms with Crippen LogP contribution in [0.5, 0.6) is 11.5 Å². The summed E-state index contributed by atoms with van der Waals surface area (Å²) < 4.78 is 94.4. The highest BCUT2D eigenvalue weighted by atomic mass is 19.4. The van der Waals surface area contributed by atoms with Gasteiger partial charge in [-0.25, -0.2) is 22.8 Å². The highest BCUT2D eigenvalue weighted by molar-refractivity contribution is 6.15. The normalized spacial score (nSPS) is 15.7. The fourth-order valence-electron chi connectivity index (χ4n) is 2.54. The molecule has 0 amide bonds. The summed E-state index contributed by atoms with van der Waals surface area (Å²) in [5.41, 5.74) is -2.09. The number of hydrogen-bond acceptors (Lipinski definition) is 6. The van der Waals surface area contributed by atoms with Gasteiger partial charge in [0, 0.05) is 31.8 Å². The van der Waals surface area contributed by atoms with Gasteiger partial charge in [0.2, 0.25) is 0 Å². The standard InChI is InChI=1S/C20H13F6NO5/c1-19(2)31-17(28)11(18(29)32-19)8-27-10-3-4-15(12(21)7-10)30-16-13(22)5-9(6-14(16)23)20(24,25)26/h3-8,27H,1-2H3. The van der Waals surface area contributed by atoms with Crippen molar-refractivity contribution in [2.45, 2.75) is 25.8 Å². The molecule has 0 bridgehead atoms. The Morgan fingerprint density at radius 1 is 0.938 bits per heavy atom. The minimum absolute atomic E-state index is 0.0128. The molecule has 170 valence electrons. The molecule has 2 aromatic rings. The van der Waals surface area contributed by atoms with Crippen LogP contribution in [-0.4, -0.2) is 17.7 Å². The van der Waals surface area contributed by atoms with Crippen molar-refractivity contribution in [3.8, 4) is 11.5 Å². The van der Waals surface area contributed by atoms with Crippen LogP contribution in [0, 0.1) is 17.5 Å². The van der Waals surface area contributed by atoms with Gasteiger partial charge < -0.3 is 19.5 Å². The molecule has 1 saturated heterocycles. The van der Waals surface area contributed by atoms with E-state index in [0.29, 0.717) is 0 Å². The van der Waals surface area contributed by atoms with E-state index in [9.17, 15) is 35.9 Å². The third kappa shape index (κ3) is 4.95. The molecule has 0 aliphatic carbocycles. The summed E-state index contributed by atoms with van der Waals surface area (Å²) in [6.45, 7) is 2.70. The number of alkyl halides is 3. The molecule has 3 rings (SSSR count). The van der Waals surface area contributed by atoms with Crippen LogP contribution in [0.25, 0.3) is 0 Å². The lowest BCUT2D eigenvalue weighted by molar-refractivity contribution is -0.222. The molecule has 1 aliphatic rings. The Bertz CT molecular complexity index is 1080. The second-order valence-corrected chi connectivity index (χ2v) is 6.90. The third-order valence-corrected chi connectivity index (χ3v) is 3.97. The summed E-state index contributed by atoms with van der Waals surface area (Å²) in [7, 11) is 0. The number of hydrogen-bond donors (Lipinski definition) is 1. The molecule has 0 aromatic heterocycles. The van der Waals surface area contributed by atoms with Gasteiger partial charge in [-0.3, -0.25) is 0 Å². The molecular weight excluding hydrogens is 448 g/mol. The van der Waals surface area contributed by atoms with Gasteiger partial charge in [0.25, 0.3) is 5.79 Å². The van der Waals surface area contributed by atoms with Gasteiger partial charge in [0.05, 0.1) is 5.56 Å². The first-order valence-electron chi connectivity index (χ1n) is 8.74.